The van der Waals surface area contributed by atoms with Crippen LogP contribution in [0.1, 0.15) is 19.4 Å². The standard InChI is InChI=1S/C23H24N2O3Se/c1-15(2)28-20-6-4-3-5-19(20)22-24-11-21(29-22)17-9-7-16(8-10-17)12-25-13-18(14-25)23(26)27/h3-11,15,18H,12-14H2,1-2H3,(H,26,27). The van der Waals surface area contributed by atoms with Gasteiger partial charge >= 0.3 is 177 Å². The molecule has 0 atom stereocenters. The summed E-state index contributed by atoms with van der Waals surface area (Å²) in [5.74, 6) is -0.00996. The molecule has 5 nitrogen and oxygen atoms in total. The van der Waals surface area contributed by atoms with E-state index in [0.29, 0.717) is 13.1 Å². The van der Waals surface area contributed by atoms with E-state index in [-0.39, 0.29) is 26.5 Å². The molecule has 0 aliphatic carbocycles. The van der Waals surface area contributed by atoms with Crippen LogP contribution in [0.3, 0.4) is 0 Å². The molecule has 4 rings (SSSR count). The van der Waals surface area contributed by atoms with E-state index in [0.717, 1.165) is 22.4 Å². The van der Waals surface area contributed by atoms with E-state index >= 15 is 0 Å². The Labute approximate surface area is 176 Å². The summed E-state index contributed by atoms with van der Waals surface area (Å²) in [7, 11) is 0. The molecule has 1 aliphatic rings. The number of nitrogens with zero attached hydrogens (tertiary/aromatic N) is 2. The number of benzene rings is 2. The van der Waals surface area contributed by atoms with Crippen molar-refractivity contribution in [1.82, 2.24) is 9.88 Å². The summed E-state index contributed by atoms with van der Waals surface area (Å²) < 4.78 is 8.30. The fourth-order valence-corrected chi connectivity index (χ4v) is 5.42. The Morgan fingerprint density at radius 3 is 2.62 bits per heavy atom. The summed E-state index contributed by atoms with van der Waals surface area (Å²) in [4.78, 5) is 17.8. The van der Waals surface area contributed by atoms with Gasteiger partial charge in [-0.1, -0.05) is 0 Å². The van der Waals surface area contributed by atoms with Gasteiger partial charge in [0.1, 0.15) is 0 Å². The summed E-state index contributed by atoms with van der Waals surface area (Å²) in [5, 5.41) is 8.99. The molecule has 0 amide bonds. The molecule has 0 radical (unpaired) electrons. The molecule has 1 N–H and O–H groups in total. The molecule has 3 aromatic rings. The summed E-state index contributed by atoms with van der Waals surface area (Å²) in [6.07, 6.45) is 2.10. The fraction of sp³-hybridized carbons (Fsp3) is 0.304. The first-order valence-corrected chi connectivity index (χ1v) is 11.5. The Morgan fingerprint density at radius 1 is 1.21 bits per heavy atom. The average Bonchev–Trinajstić information content (AvgIpc) is 3.14. The van der Waals surface area contributed by atoms with Crippen LogP contribution in [0.5, 0.6) is 5.75 Å². The van der Waals surface area contributed by atoms with Gasteiger partial charge in [0.15, 0.2) is 0 Å². The fourth-order valence-electron chi connectivity index (χ4n) is 3.42. The zero-order valence-electron chi connectivity index (χ0n) is 16.5. The second-order valence-electron chi connectivity index (χ2n) is 7.62. The molecule has 29 heavy (non-hydrogen) atoms. The van der Waals surface area contributed by atoms with Crippen molar-refractivity contribution in [1.29, 1.82) is 0 Å². The number of hydrogen-bond donors (Lipinski definition) is 1. The maximum atomic E-state index is 10.9. The molecular weight excluding hydrogens is 431 g/mol. The number of hydrogen-bond acceptors (Lipinski definition) is 4. The molecule has 6 heteroatoms. The summed E-state index contributed by atoms with van der Waals surface area (Å²) in [6.45, 7) is 6.15. The topological polar surface area (TPSA) is 62.7 Å². The van der Waals surface area contributed by atoms with Crippen molar-refractivity contribution in [2.75, 3.05) is 13.1 Å². The SMILES string of the molecule is CC(C)Oc1ccccc1-c1ncc(-c2ccc(CN3CC(C(=O)O)C3)cc2)[se]1. The first-order chi connectivity index (χ1) is 14.0. The van der Waals surface area contributed by atoms with Crippen LogP contribution in [0.2, 0.25) is 0 Å². The second kappa shape index (κ2) is 8.54. The Morgan fingerprint density at radius 2 is 1.93 bits per heavy atom. The summed E-state index contributed by atoms with van der Waals surface area (Å²) in [6, 6.07) is 16.7. The Hall–Kier alpha value is -2.40. The van der Waals surface area contributed by atoms with Gasteiger partial charge in [-0.2, -0.15) is 0 Å². The Bertz CT molecular complexity index is 991. The van der Waals surface area contributed by atoms with Crippen LogP contribution >= 0.6 is 0 Å². The van der Waals surface area contributed by atoms with Crippen LogP contribution in [0.25, 0.3) is 20.1 Å². The number of ether oxygens (including phenoxy) is 1. The number of aliphatic carboxylic acids is 1. The van der Waals surface area contributed by atoms with Crippen LogP contribution in [0.15, 0.2) is 54.7 Å². The summed E-state index contributed by atoms with van der Waals surface area (Å²) in [5.41, 5.74) is 3.48. The molecule has 150 valence electrons. The van der Waals surface area contributed by atoms with Crippen LogP contribution in [-0.4, -0.2) is 54.7 Å². The second-order valence-corrected chi connectivity index (χ2v) is 9.78. The quantitative estimate of drug-likeness (QED) is 0.550. The van der Waals surface area contributed by atoms with E-state index < -0.39 is 5.97 Å². The third kappa shape index (κ3) is 4.61. The average molecular weight is 455 g/mol. The molecular formula is C23H24N2O3Se. The van der Waals surface area contributed by atoms with Gasteiger partial charge in [-0.15, -0.1) is 0 Å². The molecule has 1 saturated heterocycles. The molecule has 1 aliphatic heterocycles. The Balaban J connectivity index is 1.46. The first-order valence-electron chi connectivity index (χ1n) is 9.76. The van der Waals surface area contributed by atoms with Gasteiger partial charge in [0.25, 0.3) is 0 Å². The van der Waals surface area contributed by atoms with Gasteiger partial charge in [0, 0.05) is 0 Å². The van der Waals surface area contributed by atoms with Crippen molar-refractivity contribution in [3.63, 3.8) is 0 Å². The zero-order valence-corrected chi connectivity index (χ0v) is 18.3. The van der Waals surface area contributed by atoms with Crippen molar-refractivity contribution in [2.24, 2.45) is 5.92 Å². The van der Waals surface area contributed by atoms with Gasteiger partial charge < -0.3 is 0 Å². The first kappa shape index (κ1) is 19.9. The number of carbonyl (C=O) groups is 1. The molecule has 0 spiro atoms. The van der Waals surface area contributed by atoms with E-state index in [9.17, 15) is 4.79 Å². The molecule has 0 unspecified atom stereocenters. The van der Waals surface area contributed by atoms with Crippen molar-refractivity contribution in [3.8, 4) is 25.9 Å². The van der Waals surface area contributed by atoms with E-state index in [2.05, 4.69) is 40.2 Å². The summed E-state index contributed by atoms with van der Waals surface area (Å²) >= 11 is 0.129. The maximum absolute atomic E-state index is 10.9. The van der Waals surface area contributed by atoms with Gasteiger partial charge in [0.2, 0.25) is 0 Å². The van der Waals surface area contributed by atoms with Crippen LogP contribution in [0, 0.1) is 5.92 Å². The number of aromatic nitrogens is 1. The van der Waals surface area contributed by atoms with Crippen molar-refractivity contribution in [3.05, 3.63) is 60.3 Å². The van der Waals surface area contributed by atoms with Gasteiger partial charge in [-0.3, -0.25) is 0 Å². The minimum atomic E-state index is -0.692. The van der Waals surface area contributed by atoms with Crippen LogP contribution in [-0.2, 0) is 11.3 Å². The molecule has 1 aromatic heterocycles. The van der Waals surface area contributed by atoms with E-state index in [1.54, 1.807) is 0 Å². The normalized spacial score (nSPS) is 14.7. The number of rotatable bonds is 7. The third-order valence-electron chi connectivity index (χ3n) is 4.94. The molecule has 0 bridgehead atoms. The number of carboxylic acid groups (broad SMARTS) is 1. The predicted molar refractivity (Wildman–Crippen MR) is 114 cm³/mol. The minimum absolute atomic E-state index is 0.128. The molecule has 1 fully saturated rings. The monoisotopic (exact) mass is 456 g/mol. The van der Waals surface area contributed by atoms with E-state index in [1.807, 2.05) is 38.2 Å². The van der Waals surface area contributed by atoms with E-state index in [4.69, 9.17) is 9.84 Å². The van der Waals surface area contributed by atoms with Gasteiger partial charge in [0.05, 0.1) is 0 Å². The van der Waals surface area contributed by atoms with Crippen LogP contribution < -0.4 is 4.74 Å². The van der Waals surface area contributed by atoms with Crippen molar-refractivity contribution < 1.29 is 14.6 Å². The van der Waals surface area contributed by atoms with Gasteiger partial charge in [-0.05, 0) is 0 Å². The van der Waals surface area contributed by atoms with Crippen LogP contribution in [0.4, 0.5) is 0 Å². The van der Waals surface area contributed by atoms with Crippen molar-refractivity contribution in [2.45, 2.75) is 26.5 Å². The Kier molecular flexibility index (Phi) is 5.86. The third-order valence-corrected chi connectivity index (χ3v) is 7.20. The van der Waals surface area contributed by atoms with E-state index in [1.165, 1.54) is 15.6 Å². The molecule has 2 aromatic carbocycles. The predicted octanol–water partition coefficient (Wildman–Crippen LogP) is 3.78. The number of para-hydroxylation sites is 1. The molecule has 0 saturated carbocycles. The molecule has 2 heterocycles. The number of carboxylic acids is 1. The zero-order chi connectivity index (χ0) is 20.4. The van der Waals surface area contributed by atoms with Crippen molar-refractivity contribution >= 4 is 20.5 Å². The van der Waals surface area contributed by atoms with Gasteiger partial charge in [-0.25, -0.2) is 0 Å². The number of likely N-dealkylation sites (tertiary alicyclic amines) is 1.